The van der Waals surface area contributed by atoms with Crippen LogP contribution in [-0.2, 0) is 0 Å². The molecule has 8 aromatic carbocycles. The van der Waals surface area contributed by atoms with Gasteiger partial charge in [-0.1, -0.05) is 127 Å². The molecule has 1 aromatic heterocycles. The quantitative estimate of drug-likeness (QED) is 0.181. The zero-order valence-electron chi connectivity index (χ0n) is 26.4. The summed E-state index contributed by atoms with van der Waals surface area (Å²) in [6.45, 7) is 0. The smallest absolute Gasteiger partial charge is 0.0547 e. The largest absolute Gasteiger partial charge is 0.311 e. The summed E-state index contributed by atoms with van der Waals surface area (Å²) in [5.41, 5.74) is 11.8. The molecule has 0 aliphatic heterocycles. The van der Waals surface area contributed by atoms with Crippen molar-refractivity contribution in [3.63, 3.8) is 0 Å². The highest BCUT2D eigenvalue weighted by Gasteiger charge is 2.18. The Kier molecular flexibility index (Phi) is 6.84. The van der Waals surface area contributed by atoms with Gasteiger partial charge in [-0.2, -0.15) is 0 Å². The Morgan fingerprint density at radius 1 is 0.354 bits per heavy atom. The lowest BCUT2D eigenvalue weighted by atomic mass is 9.98. The number of rotatable bonds is 6. The van der Waals surface area contributed by atoms with E-state index in [0.717, 1.165) is 22.7 Å². The van der Waals surface area contributed by atoms with Gasteiger partial charge in [0.15, 0.2) is 0 Å². The topological polar surface area (TPSA) is 8.17 Å². The number of para-hydroxylation sites is 2. The highest BCUT2D eigenvalue weighted by Crippen LogP contribution is 2.42. The number of nitrogens with zero attached hydrogens (tertiary/aromatic N) is 2. The van der Waals surface area contributed by atoms with Gasteiger partial charge in [-0.25, -0.2) is 0 Å². The standard InChI is InChI=1S/C46H32N2/c1-4-13-33(14-5-1)34-23-27-40(28-24-34)47(38-17-6-2-7-18-38)41-29-25-35(26-30-41)42-21-12-22-44-46(42)43-31-36-15-10-11-16-37(36)32-45(43)48(44)39-19-8-3-9-20-39/h1-32H. The Morgan fingerprint density at radius 2 is 0.875 bits per heavy atom. The first-order valence-electron chi connectivity index (χ1n) is 16.4. The molecule has 0 saturated heterocycles. The first kappa shape index (κ1) is 27.9. The third-order valence-electron chi connectivity index (χ3n) is 9.36. The monoisotopic (exact) mass is 612 g/mol. The second-order valence-electron chi connectivity index (χ2n) is 12.2. The lowest BCUT2D eigenvalue weighted by Gasteiger charge is -2.26. The fraction of sp³-hybridized carbons (Fsp3) is 0. The molecule has 0 atom stereocenters. The summed E-state index contributed by atoms with van der Waals surface area (Å²) in [6.07, 6.45) is 0. The maximum atomic E-state index is 2.41. The Bertz CT molecular complexity index is 2510. The number of benzene rings is 8. The van der Waals surface area contributed by atoms with Crippen LogP contribution < -0.4 is 4.90 Å². The molecule has 226 valence electrons. The molecule has 9 rings (SSSR count). The van der Waals surface area contributed by atoms with E-state index in [1.807, 2.05) is 0 Å². The Labute approximate surface area is 280 Å². The summed E-state index contributed by atoms with van der Waals surface area (Å²) in [5.74, 6) is 0. The van der Waals surface area contributed by atoms with Crippen LogP contribution in [0.5, 0.6) is 0 Å². The molecule has 0 amide bonds. The van der Waals surface area contributed by atoms with E-state index >= 15 is 0 Å². The van der Waals surface area contributed by atoms with Gasteiger partial charge in [0.25, 0.3) is 0 Å². The minimum absolute atomic E-state index is 1.11. The van der Waals surface area contributed by atoms with Gasteiger partial charge < -0.3 is 9.47 Å². The highest BCUT2D eigenvalue weighted by atomic mass is 15.1. The number of hydrogen-bond acceptors (Lipinski definition) is 1. The van der Waals surface area contributed by atoms with Gasteiger partial charge in [-0.15, -0.1) is 0 Å². The first-order chi connectivity index (χ1) is 23.8. The maximum Gasteiger partial charge on any atom is 0.0547 e. The van der Waals surface area contributed by atoms with Crippen molar-refractivity contribution in [1.29, 1.82) is 0 Å². The predicted molar refractivity (Wildman–Crippen MR) is 204 cm³/mol. The summed E-state index contributed by atoms with van der Waals surface area (Å²) in [7, 11) is 0. The van der Waals surface area contributed by atoms with E-state index in [0.29, 0.717) is 0 Å². The molecule has 0 saturated carbocycles. The third kappa shape index (κ3) is 4.83. The predicted octanol–water partition coefficient (Wildman–Crippen LogP) is 12.7. The molecule has 48 heavy (non-hydrogen) atoms. The second-order valence-corrected chi connectivity index (χ2v) is 12.2. The lowest BCUT2D eigenvalue weighted by molar-refractivity contribution is 1.18. The van der Waals surface area contributed by atoms with Crippen LogP contribution in [0.2, 0.25) is 0 Å². The molecule has 0 N–H and O–H groups in total. The van der Waals surface area contributed by atoms with Gasteiger partial charge in [-0.05, 0) is 99.8 Å². The van der Waals surface area contributed by atoms with Crippen molar-refractivity contribution in [2.24, 2.45) is 0 Å². The summed E-state index contributed by atoms with van der Waals surface area (Å²) < 4.78 is 2.41. The van der Waals surface area contributed by atoms with Crippen molar-refractivity contribution in [2.75, 3.05) is 4.90 Å². The van der Waals surface area contributed by atoms with Crippen molar-refractivity contribution < 1.29 is 0 Å². The van der Waals surface area contributed by atoms with Crippen LogP contribution in [-0.4, -0.2) is 4.57 Å². The summed E-state index contributed by atoms with van der Waals surface area (Å²) in [4.78, 5) is 2.33. The van der Waals surface area contributed by atoms with Gasteiger partial charge in [0.2, 0.25) is 0 Å². The average molecular weight is 613 g/mol. The normalized spacial score (nSPS) is 11.3. The van der Waals surface area contributed by atoms with E-state index in [4.69, 9.17) is 0 Å². The minimum Gasteiger partial charge on any atom is -0.311 e. The molecule has 0 fully saturated rings. The van der Waals surface area contributed by atoms with E-state index in [1.165, 1.54) is 54.8 Å². The molecule has 0 unspecified atom stereocenters. The fourth-order valence-electron chi connectivity index (χ4n) is 7.10. The number of anilines is 3. The summed E-state index contributed by atoms with van der Waals surface area (Å²) >= 11 is 0. The van der Waals surface area contributed by atoms with Gasteiger partial charge in [0, 0.05) is 33.5 Å². The summed E-state index contributed by atoms with van der Waals surface area (Å²) in [5, 5.41) is 5.02. The molecule has 0 aliphatic carbocycles. The van der Waals surface area contributed by atoms with Crippen molar-refractivity contribution >= 4 is 49.6 Å². The van der Waals surface area contributed by atoms with Gasteiger partial charge in [0.1, 0.15) is 0 Å². The van der Waals surface area contributed by atoms with Crippen LogP contribution in [0.25, 0.3) is 60.5 Å². The van der Waals surface area contributed by atoms with Crippen molar-refractivity contribution in [3.05, 3.63) is 194 Å². The Hall–Kier alpha value is -6.38. The first-order valence-corrected chi connectivity index (χ1v) is 16.4. The molecule has 0 radical (unpaired) electrons. The van der Waals surface area contributed by atoms with Crippen LogP contribution in [0.3, 0.4) is 0 Å². The lowest BCUT2D eigenvalue weighted by Crippen LogP contribution is -2.09. The highest BCUT2D eigenvalue weighted by molar-refractivity contribution is 6.18. The second kappa shape index (κ2) is 11.8. The van der Waals surface area contributed by atoms with Crippen molar-refractivity contribution in [1.82, 2.24) is 4.57 Å². The van der Waals surface area contributed by atoms with E-state index in [2.05, 4.69) is 204 Å². The molecular formula is C46H32N2. The van der Waals surface area contributed by atoms with Gasteiger partial charge in [-0.3, -0.25) is 0 Å². The Balaban J connectivity index is 1.18. The number of fused-ring (bicyclic) bond motifs is 4. The molecule has 2 nitrogen and oxygen atoms in total. The molecular weight excluding hydrogens is 581 g/mol. The molecule has 0 bridgehead atoms. The number of aromatic nitrogens is 1. The van der Waals surface area contributed by atoms with Crippen LogP contribution in [0.1, 0.15) is 0 Å². The van der Waals surface area contributed by atoms with Crippen LogP contribution in [0, 0.1) is 0 Å². The van der Waals surface area contributed by atoms with Crippen LogP contribution in [0.15, 0.2) is 194 Å². The fourth-order valence-corrected chi connectivity index (χ4v) is 7.10. The van der Waals surface area contributed by atoms with Crippen molar-refractivity contribution in [3.8, 4) is 27.9 Å². The molecule has 9 aromatic rings. The number of hydrogen-bond donors (Lipinski definition) is 0. The van der Waals surface area contributed by atoms with Gasteiger partial charge >= 0.3 is 0 Å². The van der Waals surface area contributed by atoms with E-state index in [9.17, 15) is 0 Å². The van der Waals surface area contributed by atoms with Gasteiger partial charge in [0.05, 0.1) is 11.0 Å². The van der Waals surface area contributed by atoms with Crippen LogP contribution in [0.4, 0.5) is 17.1 Å². The minimum atomic E-state index is 1.11. The SMILES string of the molecule is c1ccc(-c2ccc(N(c3ccccc3)c3ccc(-c4cccc5c4c4cc6ccccc6cc4n5-c4ccccc4)cc3)cc2)cc1. The Morgan fingerprint density at radius 3 is 1.54 bits per heavy atom. The average Bonchev–Trinajstić information content (AvgIpc) is 3.49. The van der Waals surface area contributed by atoms with Crippen LogP contribution >= 0.6 is 0 Å². The zero-order valence-corrected chi connectivity index (χ0v) is 26.4. The van der Waals surface area contributed by atoms with E-state index in [-0.39, 0.29) is 0 Å². The van der Waals surface area contributed by atoms with E-state index in [1.54, 1.807) is 0 Å². The molecule has 1 heterocycles. The maximum absolute atomic E-state index is 2.41. The van der Waals surface area contributed by atoms with E-state index < -0.39 is 0 Å². The van der Waals surface area contributed by atoms with Crippen molar-refractivity contribution in [2.45, 2.75) is 0 Å². The third-order valence-corrected chi connectivity index (χ3v) is 9.36. The zero-order chi connectivity index (χ0) is 31.9. The molecule has 2 heteroatoms. The summed E-state index contributed by atoms with van der Waals surface area (Å²) in [6, 6.07) is 69.8. The molecule has 0 spiro atoms. The molecule has 0 aliphatic rings.